The molecule has 1 saturated heterocycles. The van der Waals surface area contributed by atoms with Crippen LogP contribution in [-0.2, 0) is 0 Å². The topological polar surface area (TPSA) is 12.0 Å². The van der Waals surface area contributed by atoms with E-state index in [1.165, 1.54) is 57.7 Å². The van der Waals surface area contributed by atoms with Crippen molar-refractivity contribution in [3.63, 3.8) is 0 Å². The van der Waals surface area contributed by atoms with Crippen LogP contribution in [0.4, 0.5) is 0 Å². The van der Waals surface area contributed by atoms with Gasteiger partial charge in [0.05, 0.1) is 0 Å². The summed E-state index contributed by atoms with van der Waals surface area (Å²) >= 11 is 0. The molecule has 0 spiro atoms. The first kappa shape index (κ1) is 14.4. The molecule has 2 heteroatoms. The molecule has 1 heterocycles. The van der Waals surface area contributed by atoms with Gasteiger partial charge in [-0.1, -0.05) is 71.5 Å². The van der Waals surface area contributed by atoms with Gasteiger partial charge in [-0.3, -0.25) is 0 Å². The van der Waals surface area contributed by atoms with Gasteiger partial charge in [-0.05, 0) is 25.1 Å². The van der Waals surface area contributed by atoms with Crippen LogP contribution in [0.2, 0.25) is 12.1 Å². The van der Waals surface area contributed by atoms with Gasteiger partial charge in [0.1, 0.15) is 0 Å². The van der Waals surface area contributed by atoms with Crippen molar-refractivity contribution in [3.05, 3.63) is 0 Å². The molecule has 104 valence electrons. The van der Waals surface area contributed by atoms with E-state index in [9.17, 15) is 0 Å². The molecule has 0 unspecified atom stereocenters. The van der Waals surface area contributed by atoms with Crippen LogP contribution in [0.3, 0.4) is 0 Å². The van der Waals surface area contributed by atoms with E-state index in [1.807, 2.05) is 0 Å². The van der Waals surface area contributed by atoms with Gasteiger partial charge >= 0.3 is 0 Å². The highest BCUT2D eigenvalue weighted by Gasteiger charge is 2.49. The zero-order valence-electron chi connectivity index (χ0n) is 13.0. The third kappa shape index (κ3) is 3.12. The molecule has 0 aromatic rings. The summed E-state index contributed by atoms with van der Waals surface area (Å²) < 4.78 is 0. The molecule has 0 amide bonds. The molecule has 0 radical (unpaired) electrons. The van der Waals surface area contributed by atoms with Gasteiger partial charge < -0.3 is 5.23 Å². The maximum absolute atomic E-state index is 3.96. The summed E-state index contributed by atoms with van der Waals surface area (Å²) in [5, 5.41) is 3.96. The lowest BCUT2D eigenvalue weighted by molar-refractivity contribution is 0.235. The zero-order valence-corrected chi connectivity index (χ0v) is 13.0. The molecule has 0 bridgehead atoms. The molecule has 1 aliphatic heterocycles. The Balaban J connectivity index is 1.98. The van der Waals surface area contributed by atoms with Crippen molar-refractivity contribution in [2.45, 2.75) is 96.7 Å². The summed E-state index contributed by atoms with van der Waals surface area (Å²) in [5.74, 6) is 0.934. The van der Waals surface area contributed by atoms with Gasteiger partial charge in [0.15, 0.2) is 0 Å². The summed E-state index contributed by atoms with van der Waals surface area (Å²) in [7, 11) is 0. The van der Waals surface area contributed by atoms with E-state index < -0.39 is 0 Å². The average molecular weight is 249 g/mol. The highest BCUT2D eigenvalue weighted by atomic mass is 15.0. The molecule has 0 atom stereocenters. The van der Waals surface area contributed by atoms with Crippen LogP contribution in [0.1, 0.15) is 79.1 Å². The summed E-state index contributed by atoms with van der Waals surface area (Å²) in [6.45, 7) is 10.4. The minimum Gasteiger partial charge on any atom is -0.350 e. The van der Waals surface area contributed by atoms with E-state index in [1.54, 1.807) is 0 Å². The Morgan fingerprint density at radius 1 is 0.833 bits per heavy atom. The number of hydrogen-bond donors (Lipinski definition) is 1. The van der Waals surface area contributed by atoms with Gasteiger partial charge in [-0.2, -0.15) is 0 Å². The maximum Gasteiger partial charge on any atom is 0.224 e. The fourth-order valence-corrected chi connectivity index (χ4v) is 3.87. The monoisotopic (exact) mass is 249 g/mol. The lowest BCUT2D eigenvalue weighted by Gasteiger charge is -2.35. The Morgan fingerprint density at radius 3 is 1.78 bits per heavy atom. The van der Waals surface area contributed by atoms with Gasteiger partial charge in [-0.25, -0.2) is 0 Å². The largest absolute Gasteiger partial charge is 0.350 e. The Bertz CT molecular complexity index is 246. The second-order valence-corrected chi connectivity index (χ2v) is 7.92. The molecule has 1 N–H and O–H groups in total. The van der Waals surface area contributed by atoms with Crippen LogP contribution in [0.5, 0.6) is 0 Å². The lowest BCUT2D eigenvalue weighted by Crippen LogP contribution is -2.47. The lowest BCUT2D eigenvalue weighted by atomic mass is 9.46. The molecule has 18 heavy (non-hydrogen) atoms. The Morgan fingerprint density at radius 2 is 1.33 bits per heavy atom. The molecule has 2 aliphatic rings. The predicted octanol–water partition coefficient (Wildman–Crippen LogP) is 4.89. The zero-order chi connectivity index (χ0) is 13.2. The van der Waals surface area contributed by atoms with Crippen LogP contribution in [-0.4, -0.2) is 12.4 Å². The first-order valence-electron chi connectivity index (χ1n) is 8.20. The molecule has 0 aromatic carbocycles. The second kappa shape index (κ2) is 5.57. The van der Waals surface area contributed by atoms with Crippen molar-refractivity contribution in [3.8, 4) is 0 Å². The number of nitrogens with one attached hydrogen (secondary N) is 1. The van der Waals surface area contributed by atoms with E-state index in [-0.39, 0.29) is 0 Å². The minimum atomic E-state index is 0.302. The van der Waals surface area contributed by atoms with Crippen LogP contribution < -0.4 is 5.23 Å². The SMILES string of the molecule is CC1(C)CB(C2CCCCCCCC2)NC1(C)C. The van der Waals surface area contributed by atoms with E-state index in [0.717, 1.165) is 12.7 Å². The second-order valence-electron chi connectivity index (χ2n) is 7.92. The molecule has 0 aromatic heterocycles. The van der Waals surface area contributed by atoms with Crippen molar-refractivity contribution < 1.29 is 0 Å². The predicted molar refractivity (Wildman–Crippen MR) is 82.2 cm³/mol. The van der Waals surface area contributed by atoms with Crippen molar-refractivity contribution in [1.29, 1.82) is 0 Å². The summed E-state index contributed by atoms with van der Waals surface area (Å²) in [4.78, 5) is 0. The minimum absolute atomic E-state index is 0.302. The molecule has 1 saturated carbocycles. The standard InChI is InChI=1S/C16H32BN/c1-15(2)13-17(18-16(15,3)4)14-11-9-7-5-6-8-10-12-14/h14,18H,5-13H2,1-4H3. The molecule has 1 nitrogen and oxygen atoms in total. The molecule has 2 rings (SSSR count). The highest BCUT2D eigenvalue weighted by Crippen LogP contribution is 2.45. The molecular formula is C16H32BN. The maximum atomic E-state index is 3.96. The van der Waals surface area contributed by atoms with Gasteiger partial charge in [0.2, 0.25) is 6.85 Å². The van der Waals surface area contributed by atoms with E-state index >= 15 is 0 Å². The van der Waals surface area contributed by atoms with E-state index in [0.29, 0.717) is 11.0 Å². The van der Waals surface area contributed by atoms with Gasteiger partial charge in [0.25, 0.3) is 0 Å². The number of rotatable bonds is 1. The van der Waals surface area contributed by atoms with Gasteiger partial charge in [-0.15, -0.1) is 0 Å². The average Bonchev–Trinajstić information content (AvgIpc) is 2.56. The van der Waals surface area contributed by atoms with E-state index in [4.69, 9.17) is 0 Å². The third-order valence-electron chi connectivity index (χ3n) is 5.94. The first-order chi connectivity index (χ1) is 8.42. The van der Waals surface area contributed by atoms with Crippen molar-refractivity contribution >= 4 is 6.85 Å². The van der Waals surface area contributed by atoms with Crippen LogP contribution in [0.15, 0.2) is 0 Å². The van der Waals surface area contributed by atoms with Crippen LogP contribution in [0, 0.1) is 5.41 Å². The summed E-state index contributed by atoms with van der Waals surface area (Å²) in [6.07, 6.45) is 13.1. The summed E-state index contributed by atoms with van der Waals surface area (Å²) in [5.41, 5.74) is 0.742. The quantitative estimate of drug-likeness (QED) is 0.652. The Labute approximate surface area is 115 Å². The van der Waals surface area contributed by atoms with Crippen molar-refractivity contribution in [2.24, 2.45) is 5.41 Å². The normalized spacial score (nSPS) is 29.7. The van der Waals surface area contributed by atoms with Crippen LogP contribution >= 0.6 is 0 Å². The Kier molecular flexibility index (Phi) is 4.46. The Hall–Kier alpha value is 0.0249. The molecule has 1 aliphatic carbocycles. The van der Waals surface area contributed by atoms with Crippen molar-refractivity contribution in [1.82, 2.24) is 5.23 Å². The van der Waals surface area contributed by atoms with Crippen LogP contribution in [0.25, 0.3) is 0 Å². The fraction of sp³-hybridized carbons (Fsp3) is 1.00. The highest BCUT2D eigenvalue weighted by molar-refractivity contribution is 6.59. The van der Waals surface area contributed by atoms with Crippen molar-refractivity contribution in [2.75, 3.05) is 0 Å². The number of hydrogen-bond acceptors (Lipinski definition) is 1. The summed E-state index contributed by atoms with van der Waals surface area (Å²) in [6, 6.07) is 0. The third-order valence-corrected chi connectivity index (χ3v) is 5.94. The molecular weight excluding hydrogens is 217 g/mol. The molecule has 2 fully saturated rings. The van der Waals surface area contributed by atoms with E-state index in [2.05, 4.69) is 32.9 Å². The fourth-order valence-electron chi connectivity index (χ4n) is 3.87. The first-order valence-corrected chi connectivity index (χ1v) is 8.20. The van der Waals surface area contributed by atoms with Gasteiger partial charge in [0, 0.05) is 5.54 Å². The smallest absolute Gasteiger partial charge is 0.224 e.